The number of amides is 4. The van der Waals surface area contributed by atoms with Crippen LogP contribution in [0.2, 0.25) is 10.0 Å². The van der Waals surface area contributed by atoms with E-state index in [1.54, 1.807) is 81.4 Å². The summed E-state index contributed by atoms with van der Waals surface area (Å²) in [5.74, 6) is -12.9. The first-order chi connectivity index (χ1) is 44.0. The zero-order valence-electron chi connectivity index (χ0n) is 53.0. The summed E-state index contributed by atoms with van der Waals surface area (Å²) in [4.78, 5) is 56.9. The standard InChI is InChI=1S/C31H31ClF7N3O5.C25H21ClF7N3O3.C6H11BrO2.Na.H/c1-28(2,3)47-25(43)16-45-18-29(36,37)17-41-27(44)42-30(14-19-7-5-4-6-8-19,24-10-9-21(32)15-40-24)20-11-22(33)13-23(12-20)46-31(38,39)26(34)35;26-17-6-7-20(34-12-17)24(11-15-4-2-1-3-5-15,36-22(38)35-13-23(30,31)14-37)16-8-18(27)10-19(9-16)39-25(32,33)21(28)29;1-6(2,3)9-5(8)4-7;;/h4-13,15,26H,14,16-18H2,1-3H3,(H2,41,42,44);1-10,12,21,37H,11,13-14H2,(H2,35,36,38);4H2,1-3H3;;/q;;;+1;-1/t30-;24-;;;/m00.../s1. The number of hydrogen-bond donors (Lipinski definition) is 5. The van der Waals surface area contributed by atoms with E-state index in [9.17, 15) is 80.6 Å². The molecule has 16 nitrogen and oxygen atoms in total. The number of nitrogens with one attached hydrogen (secondary N) is 4. The molecule has 96 heavy (non-hydrogen) atoms. The van der Waals surface area contributed by atoms with Gasteiger partial charge in [-0.3, -0.25) is 14.8 Å². The summed E-state index contributed by atoms with van der Waals surface area (Å²) >= 11 is 14.9. The first kappa shape index (κ1) is 83.5. The van der Waals surface area contributed by atoms with Gasteiger partial charge in [-0.15, -0.1) is 0 Å². The molecule has 0 aliphatic rings. The normalized spacial score (nSPS) is 13.2. The van der Waals surface area contributed by atoms with Crippen molar-refractivity contribution in [1.29, 1.82) is 0 Å². The minimum atomic E-state index is -5.01. The average Bonchev–Trinajstić information content (AvgIpc) is 0.767. The van der Waals surface area contributed by atoms with Crippen molar-refractivity contribution in [2.45, 2.75) is 114 Å². The van der Waals surface area contributed by atoms with Gasteiger partial charge in [0.05, 0.1) is 34.5 Å². The Hall–Kier alpha value is -6.74. The third-order valence-corrected chi connectivity index (χ3v) is 13.0. The molecule has 6 rings (SSSR count). The SMILES string of the molecule is CC(C)(C)OC(=O)CBr.CC(C)(C)OC(=O)COCC(F)(F)CNC(=O)N[C@@](Cc1ccccc1)(c1cc(F)cc(OC(F)(F)C(F)F)c1)c1ccc(Cl)cn1.O=C(NCC(F)(F)CO)N[C@@](Cc1ccccc1)(c1cc(F)cc(OC(F)(F)C(F)F)c1)c1ccc(Cl)cn1.[H-].[Na+]. The van der Waals surface area contributed by atoms with Gasteiger partial charge >= 0.3 is 78.6 Å². The molecule has 0 radical (unpaired) electrons. The molecule has 0 aliphatic carbocycles. The van der Waals surface area contributed by atoms with Gasteiger partial charge in [-0.25, -0.2) is 40.7 Å². The molecule has 2 heterocycles. The number of nitrogens with zero attached hydrogens (tertiary/aromatic N) is 2. The van der Waals surface area contributed by atoms with Crippen LogP contribution in [0.3, 0.4) is 0 Å². The number of aliphatic hydroxyl groups excluding tert-OH is 1. The van der Waals surface area contributed by atoms with E-state index in [1.165, 1.54) is 24.3 Å². The van der Waals surface area contributed by atoms with Crippen LogP contribution < -0.4 is 60.3 Å². The Balaban J connectivity index is 0.000000581. The molecule has 522 valence electrons. The summed E-state index contributed by atoms with van der Waals surface area (Å²) in [6.45, 7) is 4.04. The van der Waals surface area contributed by atoms with Crippen molar-refractivity contribution in [2.24, 2.45) is 0 Å². The molecule has 6 aromatic rings. The Labute approximate surface area is 583 Å². The van der Waals surface area contributed by atoms with E-state index in [0.29, 0.717) is 23.3 Å². The van der Waals surface area contributed by atoms with Gasteiger partial charge in [0, 0.05) is 37.4 Å². The Bertz CT molecular complexity index is 3480. The van der Waals surface area contributed by atoms with Crippen molar-refractivity contribution >= 4 is 63.1 Å². The number of ether oxygens (including phenoxy) is 5. The molecule has 0 aliphatic heterocycles. The minimum Gasteiger partial charge on any atom is -1.00 e. The van der Waals surface area contributed by atoms with Crippen LogP contribution >= 0.6 is 39.1 Å². The van der Waals surface area contributed by atoms with E-state index in [1.807, 2.05) is 31.4 Å². The molecule has 34 heteroatoms. The van der Waals surface area contributed by atoms with Crippen LogP contribution in [0, 0.1) is 11.6 Å². The maximum absolute atomic E-state index is 14.9. The van der Waals surface area contributed by atoms with E-state index in [0.717, 1.165) is 36.7 Å². The average molecular weight is 1490 g/mol. The minimum absolute atomic E-state index is 0. The molecule has 4 aromatic carbocycles. The van der Waals surface area contributed by atoms with Crippen molar-refractivity contribution in [2.75, 3.05) is 38.2 Å². The van der Waals surface area contributed by atoms with Crippen molar-refractivity contribution < 1.29 is 140 Å². The number of esters is 2. The zero-order valence-corrected chi connectivity index (χ0v) is 57.1. The molecule has 0 spiro atoms. The molecule has 0 bridgehead atoms. The number of hydrogen-bond acceptors (Lipinski definition) is 12. The predicted molar refractivity (Wildman–Crippen MR) is 324 cm³/mol. The molecule has 4 amide bonds. The van der Waals surface area contributed by atoms with Crippen LogP contribution in [0.4, 0.5) is 71.1 Å². The van der Waals surface area contributed by atoms with E-state index in [4.69, 9.17) is 42.5 Å². The number of aliphatic hydroxyl groups is 1. The maximum atomic E-state index is 14.9. The van der Waals surface area contributed by atoms with E-state index >= 15 is 0 Å². The fourth-order valence-corrected chi connectivity index (χ4v) is 8.61. The second kappa shape index (κ2) is 36.2. The predicted octanol–water partition coefficient (Wildman–Crippen LogP) is 11.3. The van der Waals surface area contributed by atoms with Crippen LogP contribution in [0.25, 0.3) is 0 Å². The van der Waals surface area contributed by atoms with E-state index in [2.05, 4.69) is 46.0 Å². The van der Waals surface area contributed by atoms with E-state index in [-0.39, 0.29) is 93.3 Å². The first-order valence-corrected chi connectivity index (χ1v) is 29.6. The molecule has 5 N–H and O–H groups in total. The Kier molecular flexibility index (Phi) is 31.5. The third kappa shape index (κ3) is 27.6. The molecule has 2 atom stereocenters. The Morgan fingerprint density at radius 1 is 0.562 bits per heavy atom. The number of halogens is 17. The van der Waals surface area contributed by atoms with Gasteiger partial charge in [0.1, 0.15) is 70.6 Å². The fourth-order valence-electron chi connectivity index (χ4n) is 8.27. The van der Waals surface area contributed by atoms with Crippen LogP contribution in [0.5, 0.6) is 11.5 Å². The Morgan fingerprint density at radius 3 is 1.26 bits per heavy atom. The number of benzene rings is 4. The summed E-state index contributed by atoms with van der Waals surface area (Å²) in [6, 6.07) is 23.1. The quantitative estimate of drug-likeness (QED) is 0.0149. The molecule has 0 fully saturated rings. The number of urea groups is 2. The number of aromatic nitrogens is 2. The molecule has 2 aromatic heterocycles. The van der Waals surface area contributed by atoms with Gasteiger partial charge in [0.15, 0.2) is 0 Å². The summed E-state index contributed by atoms with van der Waals surface area (Å²) < 4.78 is 215. The summed E-state index contributed by atoms with van der Waals surface area (Å²) in [5, 5.41) is 18.1. The number of pyridine rings is 2. The van der Waals surface area contributed by atoms with Crippen LogP contribution in [-0.2, 0) is 47.7 Å². The molecular weight excluding hydrogens is 1430 g/mol. The van der Waals surface area contributed by atoms with Gasteiger partial charge < -0.3 is 51.5 Å². The van der Waals surface area contributed by atoms with Gasteiger partial charge in [-0.05, 0) is 112 Å². The second-order valence-corrected chi connectivity index (χ2v) is 23.9. The summed E-state index contributed by atoms with van der Waals surface area (Å²) in [6.07, 6.45) is -16.7. The Morgan fingerprint density at radius 2 is 0.938 bits per heavy atom. The van der Waals surface area contributed by atoms with Crippen molar-refractivity contribution in [3.05, 3.63) is 189 Å². The van der Waals surface area contributed by atoms with Crippen LogP contribution in [-0.4, -0.2) is 125 Å². The fraction of sp³-hybridized carbons (Fsp3) is 0.387. The maximum Gasteiger partial charge on any atom is 1.00 e. The van der Waals surface area contributed by atoms with Crippen LogP contribution in [0.15, 0.2) is 134 Å². The molecular formula is C62H64BrCl2F14N6NaO10. The number of alkyl halides is 13. The second-order valence-electron chi connectivity index (χ2n) is 22.4. The molecule has 0 saturated heterocycles. The topological polar surface area (TPSA) is 209 Å². The van der Waals surface area contributed by atoms with Gasteiger partial charge in [-0.1, -0.05) is 99.8 Å². The van der Waals surface area contributed by atoms with E-state index < -0.39 is 128 Å². The molecule has 0 saturated carbocycles. The number of carbonyl (C=O) groups is 4. The van der Waals surface area contributed by atoms with Gasteiger partial charge in [-0.2, -0.15) is 35.1 Å². The van der Waals surface area contributed by atoms with Crippen molar-refractivity contribution in [3.8, 4) is 11.5 Å². The first-order valence-electron chi connectivity index (χ1n) is 27.7. The summed E-state index contributed by atoms with van der Waals surface area (Å²) in [5.41, 5.74) is -4.98. The van der Waals surface area contributed by atoms with Crippen molar-refractivity contribution in [3.63, 3.8) is 0 Å². The monoisotopic (exact) mass is 1490 g/mol. The smallest absolute Gasteiger partial charge is 1.00 e. The third-order valence-electron chi connectivity index (χ3n) is 12.1. The van der Waals surface area contributed by atoms with Gasteiger partial charge in [0.25, 0.3) is 11.8 Å². The van der Waals surface area contributed by atoms with Crippen molar-refractivity contribution in [1.82, 2.24) is 31.2 Å². The van der Waals surface area contributed by atoms with Gasteiger partial charge in [0.2, 0.25) is 0 Å². The number of carbonyl (C=O) groups excluding carboxylic acids is 4. The van der Waals surface area contributed by atoms with Crippen LogP contribution in [0.1, 0.15) is 76.6 Å². The zero-order chi connectivity index (χ0) is 71.4. The number of rotatable bonds is 26. The largest absolute Gasteiger partial charge is 1.00 e. The molecule has 0 unspecified atom stereocenters. The summed E-state index contributed by atoms with van der Waals surface area (Å²) in [7, 11) is 0.